The Morgan fingerprint density at radius 2 is 1.48 bits per heavy atom. The van der Waals surface area contributed by atoms with Crippen LogP contribution in [0, 0.1) is 0 Å². The lowest BCUT2D eigenvalue weighted by atomic mass is 10.1. The van der Waals surface area contributed by atoms with Gasteiger partial charge in [-0.25, -0.2) is 0 Å². The van der Waals surface area contributed by atoms with Crippen LogP contribution >= 0.6 is 0 Å². The summed E-state index contributed by atoms with van der Waals surface area (Å²) in [6.07, 6.45) is 0.256. The summed E-state index contributed by atoms with van der Waals surface area (Å²) in [7, 11) is 0. The number of carbonyl (C=O) groups excluding carboxylic acids is 3. The van der Waals surface area contributed by atoms with E-state index in [0.29, 0.717) is 11.3 Å². The number of hydrazine groups is 1. The number of hydrogen-bond donors (Lipinski definition) is 2. The van der Waals surface area contributed by atoms with Gasteiger partial charge in [-0.1, -0.05) is 30.3 Å². The Balaban J connectivity index is 1.81. The zero-order valence-electron chi connectivity index (χ0n) is 12.3. The number of amides is 3. The van der Waals surface area contributed by atoms with Gasteiger partial charge in [0.15, 0.2) is 0 Å². The molecule has 3 rings (SSSR count). The number of anilines is 2. The van der Waals surface area contributed by atoms with Crippen molar-refractivity contribution in [2.24, 2.45) is 0 Å². The summed E-state index contributed by atoms with van der Waals surface area (Å²) in [5.74, 6) is -1.29. The maximum atomic E-state index is 12.4. The number of benzene rings is 2. The molecule has 1 saturated heterocycles. The van der Waals surface area contributed by atoms with Crippen molar-refractivity contribution in [1.82, 2.24) is 10.4 Å². The molecule has 3 amide bonds. The van der Waals surface area contributed by atoms with Gasteiger partial charge in [-0.3, -0.25) is 19.8 Å². The predicted octanol–water partition coefficient (Wildman–Crippen LogP) is 2.22. The van der Waals surface area contributed by atoms with Gasteiger partial charge in [0.2, 0.25) is 11.8 Å². The van der Waals surface area contributed by atoms with Crippen LogP contribution in [0.25, 0.3) is 0 Å². The molecule has 1 aliphatic heterocycles. The van der Waals surface area contributed by atoms with Crippen molar-refractivity contribution in [3.05, 3.63) is 60.2 Å². The molecule has 0 saturated carbocycles. The Labute approximate surface area is 133 Å². The van der Waals surface area contributed by atoms with Gasteiger partial charge in [0, 0.05) is 18.5 Å². The number of hydrogen-bond acceptors (Lipinski definition) is 4. The maximum Gasteiger partial charge on any atom is 0.272 e. The van der Waals surface area contributed by atoms with Gasteiger partial charge < -0.3 is 5.32 Å². The van der Waals surface area contributed by atoms with Crippen molar-refractivity contribution in [2.75, 3.05) is 5.32 Å². The Hall–Kier alpha value is -3.15. The van der Waals surface area contributed by atoms with Gasteiger partial charge in [-0.05, 0) is 24.3 Å². The topological polar surface area (TPSA) is 78.5 Å². The highest BCUT2D eigenvalue weighted by Crippen LogP contribution is 2.21. The second-order valence-corrected chi connectivity index (χ2v) is 5.10. The molecule has 1 aliphatic rings. The van der Waals surface area contributed by atoms with E-state index in [4.69, 9.17) is 0 Å². The molecule has 0 radical (unpaired) electrons. The molecular formula is C17H15N3O3. The molecule has 0 spiro atoms. The minimum absolute atomic E-state index is 0.128. The van der Waals surface area contributed by atoms with E-state index in [2.05, 4.69) is 10.7 Å². The Kier molecular flexibility index (Phi) is 4.05. The van der Waals surface area contributed by atoms with E-state index >= 15 is 0 Å². The highest BCUT2D eigenvalue weighted by atomic mass is 16.2. The summed E-state index contributed by atoms with van der Waals surface area (Å²) in [6.45, 7) is 0. The van der Waals surface area contributed by atoms with E-state index < -0.39 is 17.7 Å². The molecule has 0 atom stereocenters. The average Bonchev–Trinajstić information content (AvgIpc) is 2.88. The quantitative estimate of drug-likeness (QED) is 0.849. The molecule has 0 aliphatic carbocycles. The van der Waals surface area contributed by atoms with Crippen LogP contribution in [-0.4, -0.2) is 22.7 Å². The van der Waals surface area contributed by atoms with Crippen molar-refractivity contribution >= 4 is 29.1 Å². The number of nitrogens with zero attached hydrogens (tertiary/aromatic N) is 1. The molecule has 6 heteroatoms. The van der Waals surface area contributed by atoms with Crippen LogP contribution in [0.4, 0.5) is 11.4 Å². The highest BCUT2D eigenvalue weighted by molar-refractivity contribution is 6.07. The molecule has 116 valence electrons. The first-order valence-electron chi connectivity index (χ1n) is 7.23. The molecule has 2 aromatic rings. The number of imide groups is 1. The first-order chi connectivity index (χ1) is 11.1. The Morgan fingerprint density at radius 1 is 0.870 bits per heavy atom. The molecule has 0 aromatic heterocycles. The van der Waals surface area contributed by atoms with Crippen molar-refractivity contribution < 1.29 is 14.4 Å². The first-order valence-corrected chi connectivity index (χ1v) is 7.23. The third kappa shape index (κ3) is 3.21. The fraction of sp³-hybridized carbons (Fsp3) is 0.118. The minimum atomic E-state index is -0.507. The molecule has 0 unspecified atom stereocenters. The molecular weight excluding hydrogens is 294 g/mol. The minimum Gasteiger partial charge on any atom is -0.355 e. The normalized spacial score (nSPS) is 14.0. The van der Waals surface area contributed by atoms with Crippen LogP contribution in [0.5, 0.6) is 0 Å². The van der Waals surface area contributed by atoms with Crippen LogP contribution in [-0.2, 0) is 9.59 Å². The summed E-state index contributed by atoms with van der Waals surface area (Å²) in [4.78, 5) is 35.6. The Morgan fingerprint density at radius 3 is 2.17 bits per heavy atom. The number of rotatable bonds is 4. The SMILES string of the molecule is O=C(NN1C(=O)CCC1=O)c1ccccc1Nc1ccccc1. The van der Waals surface area contributed by atoms with Crippen LogP contribution in [0.15, 0.2) is 54.6 Å². The van der Waals surface area contributed by atoms with Crippen molar-refractivity contribution in [1.29, 1.82) is 0 Å². The summed E-state index contributed by atoms with van der Waals surface area (Å²) >= 11 is 0. The summed E-state index contributed by atoms with van der Waals surface area (Å²) in [6, 6.07) is 16.3. The molecule has 1 fully saturated rings. The maximum absolute atomic E-state index is 12.4. The fourth-order valence-corrected chi connectivity index (χ4v) is 2.33. The Bertz CT molecular complexity index is 743. The molecule has 23 heavy (non-hydrogen) atoms. The van der Waals surface area contributed by atoms with Gasteiger partial charge in [0.25, 0.3) is 5.91 Å². The fourth-order valence-electron chi connectivity index (χ4n) is 2.33. The second-order valence-electron chi connectivity index (χ2n) is 5.10. The zero-order valence-corrected chi connectivity index (χ0v) is 12.3. The lowest BCUT2D eigenvalue weighted by molar-refractivity contribution is -0.141. The molecule has 1 heterocycles. The number of carbonyl (C=O) groups is 3. The number of para-hydroxylation sites is 2. The summed E-state index contributed by atoms with van der Waals surface area (Å²) < 4.78 is 0. The zero-order chi connectivity index (χ0) is 16.2. The average molecular weight is 309 g/mol. The second kappa shape index (κ2) is 6.31. The lowest BCUT2D eigenvalue weighted by Crippen LogP contribution is -2.45. The van der Waals surface area contributed by atoms with Crippen molar-refractivity contribution in [3.8, 4) is 0 Å². The van der Waals surface area contributed by atoms with Gasteiger partial charge in [-0.2, -0.15) is 5.01 Å². The van der Waals surface area contributed by atoms with Gasteiger partial charge >= 0.3 is 0 Å². The summed E-state index contributed by atoms with van der Waals surface area (Å²) in [5.41, 5.74) is 4.15. The van der Waals surface area contributed by atoms with Crippen molar-refractivity contribution in [3.63, 3.8) is 0 Å². The lowest BCUT2D eigenvalue weighted by Gasteiger charge is -2.17. The number of nitrogens with one attached hydrogen (secondary N) is 2. The van der Waals surface area contributed by atoms with Crippen LogP contribution < -0.4 is 10.7 Å². The molecule has 0 bridgehead atoms. The van der Waals surface area contributed by atoms with Crippen molar-refractivity contribution in [2.45, 2.75) is 12.8 Å². The standard InChI is InChI=1S/C17H15N3O3/c21-15-10-11-16(22)20(15)19-17(23)13-8-4-5-9-14(13)18-12-6-2-1-3-7-12/h1-9,18H,10-11H2,(H,19,23). The highest BCUT2D eigenvalue weighted by Gasteiger charge is 2.31. The van der Waals surface area contributed by atoms with E-state index in [-0.39, 0.29) is 12.8 Å². The predicted molar refractivity (Wildman–Crippen MR) is 84.7 cm³/mol. The molecule has 2 N–H and O–H groups in total. The third-order valence-corrected chi connectivity index (χ3v) is 3.49. The first kappa shape index (κ1) is 14.8. The van der Waals surface area contributed by atoms with Gasteiger partial charge in [-0.15, -0.1) is 0 Å². The van der Waals surface area contributed by atoms with Crippen LogP contribution in [0.2, 0.25) is 0 Å². The van der Waals surface area contributed by atoms with E-state index in [1.807, 2.05) is 30.3 Å². The van der Waals surface area contributed by atoms with Gasteiger partial charge in [0.1, 0.15) is 0 Å². The largest absolute Gasteiger partial charge is 0.355 e. The van der Waals surface area contributed by atoms with E-state index in [1.54, 1.807) is 24.3 Å². The monoisotopic (exact) mass is 309 g/mol. The van der Waals surface area contributed by atoms with E-state index in [0.717, 1.165) is 10.7 Å². The third-order valence-electron chi connectivity index (χ3n) is 3.49. The summed E-state index contributed by atoms with van der Waals surface area (Å²) in [5, 5.41) is 3.94. The van der Waals surface area contributed by atoms with Crippen LogP contribution in [0.1, 0.15) is 23.2 Å². The van der Waals surface area contributed by atoms with Crippen LogP contribution in [0.3, 0.4) is 0 Å². The molecule has 2 aromatic carbocycles. The molecule has 6 nitrogen and oxygen atoms in total. The van der Waals surface area contributed by atoms with E-state index in [9.17, 15) is 14.4 Å². The van der Waals surface area contributed by atoms with Gasteiger partial charge in [0.05, 0.1) is 11.3 Å². The smallest absolute Gasteiger partial charge is 0.272 e. The van der Waals surface area contributed by atoms with E-state index in [1.165, 1.54) is 0 Å².